The highest BCUT2D eigenvalue weighted by Crippen LogP contribution is 2.24. The summed E-state index contributed by atoms with van der Waals surface area (Å²) in [4.78, 5) is 0. The molecule has 0 saturated heterocycles. The molecule has 2 N–H and O–H groups in total. The van der Waals surface area contributed by atoms with E-state index in [2.05, 4.69) is 26.2 Å². The van der Waals surface area contributed by atoms with E-state index in [9.17, 15) is 10.2 Å². The van der Waals surface area contributed by atoms with Crippen molar-refractivity contribution < 1.29 is 10.2 Å². The molecule has 1 aromatic rings. The number of halogens is 1. The van der Waals surface area contributed by atoms with E-state index in [1.54, 1.807) is 7.05 Å². The van der Waals surface area contributed by atoms with Crippen LogP contribution in [0.2, 0.25) is 0 Å². The zero-order valence-electron chi connectivity index (χ0n) is 8.18. The van der Waals surface area contributed by atoms with Crippen molar-refractivity contribution in [2.75, 3.05) is 0 Å². The molecule has 0 aromatic carbocycles. The molecule has 0 amide bonds. The third-order valence-electron chi connectivity index (χ3n) is 2.06. The fourth-order valence-electron chi connectivity index (χ4n) is 1.29. The van der Waals surface area contributed by atoms with Crippen molar-refractivity contribution in [1.82, 2.24) is 15.0 Å². The molecule has 0 aliphatic rings. The van der Waals surface area contributed by atoms with Gasteiger partial charge in [0.1, 0.15) is 11.8 Å². The Kier molecular flexibility index (Phi) is 4.03. The molecule has 0 saturated carbocycles. The first-order chi connectivity index (χ1) is 6.57. The van der Waals surface area contributed by atoms with Gasteiger partial charge in [-0.25, -0.2) is 4.68 Å². The van der Waals surface area contributed by atoms with Crippen molar-refractivity contribution in [3.63, 3.8) is 0 Å². The minimum Gasteiger partial charge on any atom is -0.390 e. The van der Waals surface area contributed by atoms with Gasteiger partial charge in [-0.15, -0.1) is 5.10 Å². The Morgan fingerprint density at radius 3 is 2.57 bits per heavy atom. The van der Waals surface area contributed by atoms with Crippen molar-refractivity contribution in [2.45, 2.75) is 32.0 Å². The van der Waals surface area contributed by atoms with Crippen LogP contribution >= 0.6 is 15.9 Å². The largest absolute Gasteiger partial charge is 0.390 e. The van der Waals surface area contributed by atoms with E-state index < -0.39 is 12.2 Å². The van der Waals surface area contributed by atoms with Crippen LogP contribution in [0, 0.1) is 0 Å². The lowest BCUT2D eigenvalue weighted by atomic mass is 10.1. The van der Waals surface area contributed by atoms with Crippen LogP contribution < -0.4 is 0 Å². The maximum Gasteiger partial charge on any atom is 0.154 e. The van der Waals surface area contributed by atoms with Crippen LogP contribution in [0.5, 0.6) is 0 Å². The summed E-state index contributed by atoms with van der Waals surface area (Å²) in [5.41, 5.74) is 0.506. The van der Waals surface area contributed by atoms with Crippen LogP contribution in [0.15, 0.2) is 4.60 Å². The van der Waals surface area contributed by atoms with E-state index in [0.717, 1.165) is 6.42 Å². The third-order valence-corrected chi connectivity index (χ3v) is 2.62. The highest BCUT2D eigenvalue weighted by Gasteiger charge is 2.24. The lowest BCUT2D eigenvalue weighted by molar-refractivity contribution is 0.00799. The average Bonchev–Trinajstić information content (AvgIpc) is 2.46. The number of hydrogen-bond acceptors (Lipinski definition) is 4. The Labute approximate surface area is 90.9 Å². The smallest absolute Gasteiger partial charge is 0.154 e. The number of aliphatic hydroxyl groups is 2. The van der Waals surface area contributed by atoms with E-state index in [4.69, 9.17) is 0 Å². The molecule has 2 atom stereocenters. The number of aryl methyl sites for hydroxylation is 1. The molecule has 1 heterocycles. The van der Waals surface area contributed by atoms with Crippen molar-refractivity contribution in [3.8, 4) is 0 Å². The summed E-state index contributed by atoms with van der Waals surface area (Å²) in [5, 5.41) is 26.9. The van der Waals surface area contributed by atoms with E-state index in [-0.39, 0.29) is 0 Å². The molecular weight excluding hydrogens is 250 g/mol. The van der Waals surface area contributed by atoms with Gasteiger partial charge in [0.25, 0.3) is 0 Å². The van der Waals surface area contributed by atoms with Gasteiger partial charge in [0.15, 0.2) is 4.60 Å². The van der Waals surface area contributed by atoms with Gasteiger partial charge >= 0.3 is 0 Å². The molecule has 1 rings (SSSR count). The van der Waals surface area contributed by atoms with Gasteiger partial charge in [-0.3, -0.25) is 0 Å². The second-order valence-corrected chi connectivity index (χ2v) is 3.94. The Hall–Kier alpha value is -0.460. The van der Waals surface area contributed by atoms with Crippen molar-refractivity contribution in [2.24, 2.45) is 7.05 Å². The average molecular weight is 264 g/mol. The maximum atomic E-state index is 9.79. The molecular formula is C8H14BrN3O2. The summed E-state index contributed by atoms with van der Waals surface area (Å²) >= 11 is 3.17. The Balaban J connectivity index is 2.82. The van der Waals surface area contributed by atoms with Crippen LogP contribution in [0.3, 0.4) is 0 Å². The quantitative estimate of drug-likeness (QED) is 0.842. The lowest BCUT2D eigenvalue weighted by Crippen LogP contribution is -2.20. The number of aliphatic hydroxyl groups excluding tert-OH is 2. The van der Waals surface area contributed by atoms with Crippen molar-refractivity contribution in [3.05, 3.63) is 10.3 Å². The topological polar surface area (TPSA) is 71.2 Å². The summed E-state index contributed by atoms with van der Waals surface area (Å²) in [6, 6.07) is 0. The zero-order valence-corrected chi connectivity index (χ0v) is 9.77. The Bertz CT molecular complexity index is 283. The molecule has 0 radical (unpaired) electrons. The molecule has 6 heteroatoms. The normalized spacial score (nSPS) is 15.5. The Morgan fingerprint density at radius 1 is 1.50 bits per heavy atom. The van der Waals surface area contributed by atoms with Crippen molar-refractivity contribution in [1.29, 1.82) is 0 Å². The van der Waals surface area contributed by atoms with Gasteiger partial charge in [-0.1, -0.05) is 18.6 Å². The van der Waals surface area contributed by atoms with Gasteiger partial charge in [-0.05, 0) is 22.4 Å². The standard InChI is InChI=1S/C8H14BrN3O2/c1-3-4-5(13)7(14)6-8(9)10-11-12(6)2/h5,7,13-14H,3-4H2,1-2H3. The maximum absolute atomic E-state index is 9.79. The summed E-state index contributed by atoms with van der Waals surface area (Å²) in [6.07, 6.45) is -0.335. The zero-order chi connectivity index (χ0) is 10.7. The number of hydrogen-bond donors (Lipinski definition) is 2. The fraction of sp³-hybridized carbons (Fsp3) is 0.750. The minimum absolute atomic E-state index is 0.475. The van der Waals surface area contributed by atoms with Gasteiger partial charge < -0.3 is 10.2 Å². The van der Waals surface area contributed by atoms with E-state index in [1.165, 1.54) is 4.68 Å². The molecule has 0 fully saturated rings. The van der Waals surface area contributed by atoms with E-state index >= 15 is 0 Å². The van der Waals surface area contributed by atoms with E-state index in [1.807, 2.05) is 6.92 Å². The predicted octanol–water partition coefficient (Wildman–Crippen LogP) is 0.772. The first kappa shape index (κ1) is 11.6. The van der Waals surface area contributed by atoms with Crippen LogP contribution in [-0.4, -0.2) is 31.3 Å². The summed E-state index contributed by atoms with van der Waals surface area (Å²) < 4.78 is 1.93. The van der Waals surface area contributed by atoms with Gasteiger partial charge in [-0.2, -0.15) is 0 Å². The van der Waals surface area contributed by atoms with Crippen LogP contribution in [-0.2, 0) is 7.05 Å². The Morgan fingerprint density at radius 2 is 2.14 bits per heavy atom. The highest BCUT2D eigenvalue weighted by atomic mass is 79.9. The van der Waals surface area contributed by atoms with Crippen LogP contribution in [0.1, 0.15) is 31.6 Å². The first-order valence-electron chi connectivity index (χ1n) is 4.49. The summed E-state index contributed by atoms with van der Waals surface area (Å²) in [7, 11) is 1.68. The highest BCUT2D eigenvalue weighted by molar-refractivity contribution is 9.10. The van der Waals surface area contributed by atoms with Crippen LogP contribution in [0.25, 0.3) is 0 Å². The van der Waals surface area contributed by atoms with Crippen molar-refractivity contribution >= 4 is 15.9 Å². The predicted molar refractivity (Wildman–Crippen MR) is 54.6 cm³/mol. The number of aromatic nitrogens is 3. The molecule has 14 heavy (non-hydrogen) atoms. The number of nitrogens with zero attached hydrogens (tertiary/aromatic N) is 3. The third kappa shape index (κ3) is 2.31. The molecule has 1 aromatic heterocycles. The fourth-order valence-corrected chi connectivity index (χ4v) is 1.85. The van der Waals surface area contributed by atoms with Gasteiger partial charge in [0.05, 0.1) is 6.10 Å². The van der Waals surface area contributed by atoms with Crippen LogP contribution in [0.4, 0.5) is 0 Å². The SMILES string of the molecule is CCCC(O)C(O)c1c(Br)nnn1C. The molecule has 0 aliphatic heterocycles. The molecule has 80 valence electrons. The molecule has 0 aliphatic carbocycles. The first-order valence-corrected chi connectivity index (χ1v) is 5.28. The van der Waals surface area contributed by atoms with E-state index in [0.29, 0.717) is 16.7 Å². The lowest BCUT2D eigenvalue weighted by Gasteiger charge is -2.16. The second-order valence-electron chi connectivity index (χ2n) is 3.19. The monoisotopic (exact) mass is 263 g/mol. The van der Waals surface area contributed by atoms with Gasteiger partial charge in [0.2, 0.25) is 0 Å². The molecule has 0 spiro atoms. The summed E-state index contributed by atoms with van der Waals surface area (Å²) in [6.45, 7) is 1.95. The number of rotatable bonds is 4. The molecule has 5 nitrogen and oxygen atoms in total. The minimum atomic E-state index is -0.940. The second kappa shape index (κ2) is 4.86. The molecule has 2 unspecified atom stereocenters. The molecule has 0 bridgehead atoms. The summed E-state index contributed by atoms with van der Waals surface area (Å²) in [5.74, 6) is 0. The van der Waals surface area contributed by atoms with Gasteiger partial charge in [0, 0.05) is 7.05 Å².